The van der Waals surface area contributed by atoms with Crippen LogP contribution in [0.25, 0.3) is 11.4 Å². The quantitative estimate of drug-likeness (QED) is 0.661. The van der Waals surface area contributed by atoms with Gasteiger partial charge in [0, 0.05) is 40.6 Å². The fourth-order valence-corrected chi connectivity index (χ4v) is 2.69. The molecule has 25 heavy (non-hydrogen) atoms. The van der Waals surface area contributed by atoms with Gasteiger partial charge in [-0.25, -0.2) is 9.97 Å². The van der Waals surface area contributed by atoms with Crippen molar-refractivity contribution < 1.29 is 0 Å². The van der Waals surface area contributed by atoms with Crippen LogP contribution in [0.4, 0.5) is 5.82 Å². The zero-order valence-corrected chi connectivity index (χ0v) is 15.5. The third-order valence-corrected chi connectivity index (χ3v) is 4.34. The number of anilines is 1. The number of aromatic nitrogens is 3. The molecule has 0 spiro atoms. The molecule has 2 N–H and O–H groups in total. The first kappa shape index (κ1) is 17.4. The van der Waals surface area contributed by atoms with E-state index in [1.807, 2.05) is 36.4 Å². The average Bonchev–Trinajstić information content (AvgIpc) is 2.63. The highest BCUT2D eigenvalue weighted by Crippen LogP contribution is 2.21. The summed E-state index contributed by atoms with van der Waals surface area (Å²) < 4.78 is 1.03. The van der Waals surface area contributed by atoms with E-state index < -0.39 is 0 Å². The Labute approximate surface area is 154 Å². The molecule has 128 valence electrons. The first-order valence-electron chi connectivity index (χ1n) is 8.19. The minimum atomic E-state index is -0.0840. The van der Waals surface area contributed by atoms with E-state index in [1.165, 1.54) is 0 Å². The molecule has 0 aliphatic rings. The largest absolute Gasteiger partial charge is 0.370 e. The highest BCUT2D eigenvalue weighted by atomic mass is 79.9. The van der Waals surface area contributed by atoms with Crippen molar-refractivity contribution in [3.8, 4) is 11.4 Å². The molecule has 0 fully saturated rings. The molecule has 2 heterocycles. The molecule has 0 aliphatic carbocycles. The van der Waals surface area contributed by atoms with Crippen molar-refractivity contribution in [2.45, 2.75) is 19.8 Å². The first-order chi connectivity index (χ1) is 12.1. The predicted molar refractivity (Wildman–Crippen MR) is 104 cm³/mol. The molecule has 0 saturated heterocycles. The summed E-state index contributed by atoms with van der Waals surface area (Å²) in [7, 11) is 0. The van der Waals surface area contributed by atoms with Crippen molar-refractivity contribution in [3.05, 3.63) is 74.7 Å². The van der Waals surface area contributed by atoms with Crippen molar-refractivity contribution in [1.82, 2.24) is 15.0 Å². The molecule has 0 unspecified atom stereocenters. The van der Waals surface area contributed by atoms with Gasteiger partial charge in [0.15, 0.2) is 5.82 Å². The number of hydrogen-bond donors (Lipinski definition) is 2. The average molecular weight is 399 g/mol. The lowest BCUT2D eigenvalue weighted by Gasteiger charge is -2.10. The standard InChI is InChI=1S/C19H19BrN4O/c1-2-16-11-17(21-10-9-13-3-8-18(25)22-12-13)24-19(23-16)14-4-6-15(20)7-5-14/h3-8,11-12H,2,9-10H2,1H3,(H,22,25)(H,21,23,24). The van der Waals surface area contributed by atoms with Crippen LogP contribution < -0.4 is 10.9 Å². The van der Waals surface area contributed by atoms with Crippen LogP contribution in [0.3, 0.4) is 0 Å². The topological polar surface area (TPSA) is 70.7 Å². The molecule has 0 saturated carbocycles. The Morgan fingerprint density at radius 3 is 2.60 bits per heavy atom. The van der Waals surface area contributed by atoms with Crippen molar-refractivity contribution in [2.75, 3.05) is 11.9 Å². The lowest BCUT2D eigenvalue weighted by Crippen LogP contribution is -2.10. The van der Waals surface area contributed by atoms with Gasteiger partial charge in [0.2, 0.25) is 5.56 Å². The Kier molecular flexibility index (Phi) is 5.60. The Morgan fingerprint density at radius 1 is 1.12 bits per heavy atom. The van der Waals surface area contributed by atoms with Crippen molar-refractivity contribution in [2.24, 2.45) is 0 Å². The van der Waals surface area contributed by atoms with E-state index in [0.717, 1.165) is 52.3 Å². The van der Waals surface area contributed by atoms with Gasteiger partial charge in [0.05, 0.1) is 0 Å². The summed E-state index contributed by atoms with van der Waals surface area (Å²) in [5.41, 5.74) is 2.98. The van der Waals surface area contributed by atoms with E-state index in [9.17, 15) is 4.79 Å². The van der Waals surface area contributed by atoms with Gasteiger partial charge in [0.25, 0.3) is 0 Å². The van der Waals surface area contributed by atoms with Crippen molar-refractivity contribution >= 4 is 21.7 Å². The maximum atomic E-state index is 11.1. The Bertz CT molecular complexity index is 886. The molecule has 0 bridgehead atoms. The fourth-order valence-electron chi connectivity index (χ4n) is 2.43. The zero-order chi connectivity index (χ0) is 17.6. The molecule has 6 heteroatoms. The van der Waals surface area contributed by atoms with Crippen LogP contribution in [-0.4, -0.2) is 21.5 Å². The number of pyridine rings is 1. The normalized spacial score (nSPS) is 10.6. The molecule has 3 aromatic rings. The predicted octanol–water partition coefficient (Wildman–Crippen LogP) is 3.81. The first-order valence-corrected chi connectivity index (χ1v) is 8.99. The molecule has 1 aromatic carbocycles. The van der Waals surface area contributed by atoms with Gasteiger partial charge in [-0.05, 0) is 30.5 Å². The monoisotopic (exact) mass is 398 g/mol. The summed E-state index contributed by atoms with van der Waals surface area (Å²) in [5, 5.41) is 3.35. The van der Waals surface area contributed by atoms with Gasteiger partial charge >= 0.3 is 0 Å². The summed E-state index contributed by atoms with van der Waals surface area (Å²) >= 11 is 3.45. The van der Waals surface area contributed by atoms with Gasteiger partial charge in [-0.15, -0.1) is 0 Å². The van der Waals surface area contributed by atoms with E-state index in [-0.39, 0.29) is 5.56 Å². The smallest absolute Gasteiger partial charge is 0.247 e. The number of hydrogen-bond acceptors (Lipinski definition) is 4. The van der Waals surface area contributed by atoms with Gasteiger partial charge in [-0.2, -0.15) is 0 Å². The number of halogens is 1. The van der Waals surface area contributed by atoms with Gasteiger partial charge in [-0.1, -0.05) is 41.1 Å². The van der Waals surface area contributed by atoms with Crippen LogP contribution in [0, 0.1) is 0 Å². The van der Waals surface area contributed by atoms with E-state index in [0.29, 0.717) is 0 Å². The summed E-state index contributed by atoms with van der Waals surface area (Å²) in [6, 6.07) is 13.3. The van der Waals surface area contributed by atoms with E-state index in [2.05, 4.69) is 43.1 Å². The van der Waals surface area contributed by atoms with Gasteiger partial charge < -0.3 is 10.3 Å². The number of H-pyrrole nitrogens is 1. The Morgan fingerprint density at radius 2 is 1.92 bits per heavy atom. The highest BCUT2D eigenvalue weighted by Gasteiger charge is 2.06. The molecule has 0 amide bonds. The number of nitrogens with zero attached hydrogens (tertiary/aromatic N) is 2. The number of aromatic amines is 1. The number of rotatable bonds is 6. The van der Waals surface area contributed by atoms with Crippen LogP contribution in [0.15, 0.2) is 57.9 Å². The zero-order valence-electron chi connectivity index (χ0n) is 13.9. The number of benzene rings is 1. The third kappa shape index (κ3) is 4.76. The number of aryl methyl sites for hydroxylation is 1. The maximum Gasteiger partial charge on any atom is 0.247 e. The molecule has 0 atom stereocenters. The van der Waals surface area contributed by atoms with Crippen LogP contribution >= 0.6 is 15.9 Å². The van der Waals surface area contributed by atoms with Crippen LogP contribution in [0.2, 0.25) is 0 Å². The van der Waals surface area contributed by atoms with Crippen molar-refractivity contribution in [3.63, 3.8) is 0 Å². The molecule has 0 aliphatic heterocycles. The van der Waals surface area contributed by atoms with E-state index in [4.69, 9.17) is 0 Å². The summed E-state index contributed by atoms with van der Waals surface area (Å²) in [5.74, 6) is 1.53. The molecule has 3 rings (SSSR count). The highest BCUT2D eigenvalue weighted by molar-refractivity contribution is 9.10. The van der Waals surface area contributed by atoms with Gasteiger partial charge in [0.1, 0.15) is 5.82 Å². The molecule has 0 radical (unpaired) electrons. The third-order valence-electron chi connectivity index (χ3n) is 3.81. The minimum absolute atomic E-state index is 0.0840. The second kappa shape index (κ2) is 8.07. The summed E-state index contributed by atoms with van der Waals surface area (Å²) in [6.45, 7) is 2.81. The SMILES string of the molecule is CCc1cc(NCCc2ccc(=O)[nH]c2)nc(-c2ccc(Br)cc2)n1. The molecule has 5 nitrogen and oxygen atoms in total. The molecular formula is C19H19BrN4O. The molecule has 2 aromatic heterocycles. The maximum absolute atomic E-state index is 11.1. The Hall–Kier alpha value is -2.47. The van der Waals surface area contributed by atoms with Crippen LogP contribution in [0.1, 0.15) is 18.2 Å². The van der Waals surface area contributed by atoms with Crippen LogP contribution in [-0.2, 0) is 12.8 Å². The molecular weight excluding hydrogens is 380 g/mol. The summed E-state index contributed by atoms with van der Waals surface area (Å²) in [4.78, 5) is 23.0. The van der Waals surface area contributed by atoms with E-state index in [1.54, 1.807) is 12.3 Å². The van der Waals surface area contributed by atoms with Crippen LogP contribution in [0.5, 0.6) is 0 Å². The lowest BCUT2D eigenvalue weighted by molar-refractivity contribution is 0.965. The lowest BCUT2D eigenvalue weighted by atomic mass is 10.2. The second-order valence-electron chi connectivity index (χ2n) is 5.67. The van der Waals surface area contributed by atoms with Crippen molar-refractivity contribution in [1.29, 1.82) is 0 Å². The minimum Gasteiger partial charge on any atom is -0.370 e. The number of nitrogens with one attached hydrogen (secondary N) is 2. The Balaban J connectivity index is 1.74. The second-order valence-corrected chi connectivity index (χ2v) is 6.58. The van der Waals surface area contributed by atoms with Gasteiger partial charge in [-0.3, -0.25) is 4.79 Å². The van der Waals surface area contributed by atoms with E-state index >= 15 is 0 Å². The fraction of sp³-hybridized carbons (Fsp3) is 0.211. The summed E-state index contributed by atoms with van der Waals surface area (Å²) in [6.07, 6.45) is 3.39.